The molecule has 0 saturated carbocycles. The van der Waals surface area contributed by atoms with Gasteiger partial charge in [0.15, 0.2) is 0 Å². The number of hydrogen-bond acceptors (Lipinski definition) is 3. The summed E-state index contributed by atoms with van der Waals surface area (Å²) in [7, 11) is 0. The Labute approximate surface area is 150 Å². The molecule has 2 rings (SSSR count). The van der Waals surface area contributed by atoms with Crippen molar-refractivity contribution in [1.29, 1.82) is 0 Å². The minimum atomic E-state index is -0.516. The second kappa shape index (κ2) is 8.48. The number of benzene rings is 1. The molecular weight excluding hydrogens is 316 g/mol. The highest BCUT2D eigenvalue weighted by atomic mass is 16.3. The van der Waals surface area contributed by atoms with Gasteiger partial charge in [0.25, 0.3) is 5.91 Å². The molecule has 0 aromatic heterocycles. The summed E-state index contributed by atoms with van der Waals surface area (Å²) < 4.78 is 0. The van der Waals surface area contributed by atoms with Crippen LogP contribution in [0.5, 0.6) is 0 Å². The number of carbonyl (C=O) groups is 2. The third-order valence-corrected chi connectivity index (χ3v) is 5.08. The zero-order valence-electron chi connectivity index (χ0n) is 15.7. The molecule has 5 nitrogen and oxygen atoms in total. The number of nitrogens with one attached hydrogen (secondary N) is 1. The topological polar surface area (TPSA) is 69.6 Å². The van der Waals surface area contributed by atoms with Crippen molar-refractivity contribution in [2.24, 2.45) is 11.8 Å². The number of hydrogen-bond donors (Lipinski definition) is 2. The average Bonchev–Trinajstić information content (AvgIpc) is 2.93. The highest BCUT2D eigenvalue weighted by molar-refractivity contribution is 6.01. The summed E-state index contributed by atoms with van der Waals surface area (Å²) in [6.07, 6.45) is 1.47. The zero-order chi connectivity index (χ0) is 18.6. The zero-order valence-corrected chi connectivity index (χ0v) is 15.7. The van der Waals surface area contributed by atoms with Gasteiger partial charge < -0.3 is 15.3 Å². The number of aliphatic hydroxyl groups excluding tert-OH is 1. The van der Waals surface area contributed by atoms with E-state index in [9.17, 15) is 14.7 Å². The van der Waals surface area contributed by atoms with E-state index in [1.54, 1.807) is 4.90 Å². The van der Waals surface area contributed by atoms with Gasteiger partial charge in [0.2, 0.25) is 5.91 Å². The van der Waals surface area contributed by atoms with Crippen molar-refractivity contribution in [3.8, 4) is 0 Å². The lowest BCUT2D eigenvalue weighted by atomic mass is 9.97. The molecule has 3 atom stereocenters. The van der Waals surface area contributed by atoms with Crippen LogP contribution in [0, 0.1) is 11.8 Å². The first-order valence-corrected chi connectivity index (χ1v) is 9.19. The van der Waals surface area contributed by atoms with Crippen molar-refractivity contribution < 1.29 is 14.7 Å². The van der Waals surface area contributed by atoms with E-state index in [4.69, 9.17) is 0 Å². The first-order chi connectivity index (χ1) is 11.9. The Hall–Kier alpha value is -1.88. The Morgan fingerprint density at radius 2 is 1.96 bits per heavy atom. The van der Waals surface area contributed by atoms with Crippen LogP contribution in [0.25, 0.3) is 0 Å². The summed E-state index contributed by atoms with van der Waals surface area (Å²) in [6, 6.07) is 6.72. The van der Waals surface area contributed by atoms with E-state index in [1.807, 2.05) is 52.0 Å². The predicted octanol–water partition coefficient (Wildman–Crippen LogP) is 2.58. The molecule has 0 unspecified atom stereocenters. The van der Waals surface area contributed by atoms with Crippen LogP contribution in [0.15, 0.2) is 24.3 Å². The fraction of sp³-hybridized carbons (Fsp3) is 0.600. The fourth-order valence-electron chi connectivity index (χ4n) is 3.28. The summed E-state index contributed by atoms with van der Waals surface area (Å²) in [5.41, 5.74) is 1.65. The maximum atomic E-state index is 12.9. The van der Waals surface area contributed by atoms with Crippen LogP contribution in [-0.4, -0.2) is 40.5 Å². The average molecular weight is 346 g/mol. The highest BCUT2D eigenvalue weighted by Crippen LogP contribution is 2.27. The smallest absolute Gasteiger partial charge is 0.255 e. The van der Waals surface area contributed by atoms with Crippen molar-refractivity contribution >= 4 is 11.8 Å². The summed E-state index contributed by atoms with van der Waals surface area (Å²) >= 11 is 0. The summed E-state index contributed by atoms with van der Waals surface area (Å²) in [4.78, 5) is 27.4. The predicted molar refractivity (Wildman–Crippen MR) is 98.0 cm³/mol. The van der Waals surface area contributed by atoms with Gasteiger partial charge in [-0.05, 0) is 29.9 Å². The van der Waals surface area contributed by atoms with Gasteiger partial charge >= 0.3 is 0 Å². The SMILES string of the molecule is CC[C@@H](C)[C@@H](CO)NC(=O)[C@H](CC(C)C)N1Cc2ccccc2C1=O. The normalized spacial score (nSPS) is 17.4. The van der Waals surface area contributed by atoms with E-state index >= 15 is 0 Å². The van der Waals surface area contributed by atoms with E-state index in [2.05, 4.69) is 5.32 Å². The molecule has 1 aliphatic rings. The van der Waals surface area contributed by atoms with Gasteiger partial charge in [-0.3, -0.25) is 9.59 Å². The molecule has 0 bridgehead atoms. The molecule has 1 aromatic rings. The Kier molecular flexibility index (Phi) is 6.59. The lowest BCUT2D eigenvalue weighted by Crippen LogP contribution is -2.52. The van der Waals surface area contributed by atoms with Gasteiger partial charge in [0, 0.05) is 12.1 Å². The van der Waals surface area contributed by atoms with Crippen LogP contribution >= 0.6 is 0 Å². The maximum absolute atomic E-state index is 12.9. The highest BCUT2D eigenvalue weighted by Gasteiger charge is 2.37. The molecule has 0 aliphatic carbocycles. The third kappa shape index (κ3) is 4.40. The number of aliphatic hydroxyl groups is 1. The second-order valence-corrected chi connectivity index (χ2v) is 7.42. The van der Waals surface area contributed by atoms with E-state index in [0.717, 1.165) is 12.0 Å². The first-order valence-electron chi connectivity index (χ1n) is 9.19. The maximum Gasteiger partial charge on any atom is 0.255 e. The number of nitrogens with zero attached hydrogens (tertiary/aromatic N) is 1. The Morgan fingerprint density at radius 1 is 1.28 bits per heavy atom. The lowest BCUT2D eigenvalue weighted by Gasteiger charge is -2.31. The van der Waals surface area contributed by atoms with E-state index in [-0.39, 0.29) is 36.3 Å². The Balaban J connectivity index is 2.19. The van der Waals surface area contributed by atoms with E-state index < -0.39 is 6.04 Å². The van der Waals surface area contributed by atoms with Gasteiger partial charge in [0.1, 0.15) is 6.04 Å². The van der Waals surface area contributed by atoms with Crippen LogP contribution < -0.4 is 5.32 Å². The van der Waals surface area contributed by atoms with Crippen LogP contribution in [0.3, 0.4) is 0 Å². The summed E-state index contributed by atoms with van der Waals surface area (Å²) in [5, 5.41) is 12.6. The Morgan fingerprint density at radius 3 is 2.52 bits per heavy atom. The summed E-state index contributed by atoms with van der Waals surface area (Å²) in [6.45, 7) is 8.51. The minimum absolute atomic E-state index is 0.0829. The van der Waals surface area contributed by atoms with Crippen molar-refractivity contribution in [2.45, 2.75) is 59.2 Å². The third-order valence-electron chi connectivity index (χ3n) is 5.08. The van der Waals surface area contributed by atoms with Gasteiger partial charge in [0.05, 0.1) is 12.6 Å². The number of fused-ring (bicyclic) bond motifs is 1. The van der Waals surface area contributed by atoms with Crippen LogP contribution in [0.4, 0.5) is 0 Å². The molecule has 138 valence electrons. The number of carbonyl (C=O) groups excluding carboxylic acids is 2. The molecule has 0 fully saturated rings. The lowest BCUT2D eigenvalue weighted by molar-refractivity contribution is -0.127. The molecular formula is C20H30N2O3. The molecule has 1 aromatic carbocycles. The van der Waals surface area contributed by atoms with Crippen LogP contribution in [0.1, 0.15) is 56.5 Å². The van der Waals surface area contributed by atoms with Crippen molar-refractivity contribution in [3.05, 3.63) is 35.4 Å². The van der Waals surface area contributed by atoms with Gasteiger partial charge in [-0.1, -0.05) is 52.3 Å². The van der Waals surface area contributed by atoms with Crippen molar-refractivity contribution in [1.82, 2.24) is 10.2 Å². The van der Waals surface area contributed by atoms with E-state index in [0.29, 0.717) is 18.5 Å². The van der Waals surface area contributed by atoms with Crippen LogP contribution in [0.2, 0.25) is 0 Å². The molecule has 2 amide bonds. The van der Waals surface area contributed by atoms with E-state index in [1.165, 1.54) is 0 Å². The molecule has 2 N–H and O–H groups in total. The molecule has 1 aliphatic heterocycles. The van der Waals surface area contributed by atoms with Crippen LogP contribution in [-0.2, 0) is 11.3 Å². The molecule has 25 heavy (non-hydrogen) atoms. The number of rotatable bonds is 8. The fourth-order valence-corrected chi connectivity index (χ4v) is 3.28. The molecule has 0 radical (unpaired) electrons. The first kappa shape index (κ1) is 19.4. The largest absolute Gasteiger partial charge is 0.394 e. The number of amides is 2. The molecule has 0 spiro atoms. The molecule has 5 heteroatoms. The standard InChI is InChI=1S/C20H30N2O3/c1-5-14(4)17(12-23)21-19(24)18(10-13(2)3)22-11-15-8-6-7-9-16(15)20(22)25/h6-9,13-14,17-18,23H,5,10-12H2,1-4H3,(H,21,24)/t14-,17-,18+/m1/s1. The van der Waals surface area contributed by atoms with Gasteiger partial charge in [-0.25, -0.2) is 0 Å². The van der Waals surface area contributed by atoms with Crippen molar-refractivity contribution in [3.63, 3.8) is 0 Å². The minimum Gasteiger partial charge on any atom is -0.394 e. The summed E-state index contributed by atoms with van der Waals surface area (Å²) in [5.74, 6) is 0.207. The Bertz CT molecular complexity index is 615. The molecule has 1 heterocycles. The van der Waals surface area contributed by atoms with Crippen molar-refractivity contribution in [2.75, 3.05) is 6.61 Å². The quantitative estimate of drug-likeness (QED) is 0.760. The monoisotopic (exact) mass is 346 g/mol. The molecule has 0 saturated heterocycles. The second-order valence-electron chi connectivity index (χ2n) is 7.42. The van der Waals surface area contributed by atoms with Gasteiger partial charge in [-0.2, -0.15) is 0 Å². The van der Waals surface area contributed by atoms with Gasteiger partial charge in [-0.15, -0.1) is 0 Å².